The molecule has 0 spiro atoms. The lowest BCUT2D eigenvalue weighted by Gasteiger charge is -2.31. The van der Waals surface area contributed by atoms with Crippen LogP contribution in [0.3, 0.4) is 0 Å². The molecule has 3 nitrogen and oxygen atoms in total. The fourth-order valence-corrected chi connectivity index (χ4v) is 2.46. The maximum atomic E-state index is 11.1. The molecule has 0 fully saturated rings. The first-order valence-electron chi connectivity index (χ1n) is 5.89. The third-order valence-electron chi connectivity index (χ3n) is 3.08. The van der Waals surface area contributed by atoms with Crippen LogP contribution in [0.25, 0.3) is 0 Å². The predicted molar refractivity (Wildman–Crippen MR) is 69.3 cm³/mol. The van der Waals surface area contributed by atoms with Gasteiger partial charge in [-0.05, 0) is 32.6 Å². The van der Waals surface area contributed by atoms with Gasteiger partial charge >= 0.3 is 5.97 Å². The highest BCUT2D eigenvalue weighted by molar-refractivity contribution is 5.98. The largest absolute Gasteiger partial charge is 0.462 e. The molecule has 16 heavy (non-hydrogen) atoms. The van der Waals surface area contributed by atoms with Gasteiger partial charge in [-0.3, -0.25) is 0 Å². The molecule has 0 aliphatic heterocycles. The van der Waals surface area contributed by atoms with Crippen molar-refractivity contribution in [3.63, 3.8) is 0 Å². The maximum absolute atomic E-state index is 11.1. The molecule has 0 bridgehead atoms. The molecule has 4 heteroatoms. The molecular formula is C12H24O3Si. The topological polar surface area (TPSA) is 35.5 Å². The summed E-state index contributed by atoms with van der Waals surface area (Å²) in [6, 6.07) is 0. The van der Waals surface area contributed by atoms with Crippen molar-refractivity contribution in [1.29, 1.82) is 0 Å². The molecular weight excluding hydrogens is 220 g/mol. The molecule has 0 saturated heterocycles. The zero-order chi connectivity index (χ0) is 12.6. The SMILES string of the molecule is C=C(C)C(=O)OCCCC(CC)(CC)O[SiH3]. The van der Waals surface area contributed by atoms with Crippen molar-refractivity contribution in [2.45, 2.75) is 52.1 Å². The fourth-order valence-electron chi connectivity index (χ4n) is 1.68. The van der Waals surface area contributed by atoms with Crippen molar-refractivity contribution in [3.05, 3.63) is 12.2 Å². The number of rotatable bonds is 8. The van der Waals surface area contributed by atoms with Crippen LogP contribution in [0.15, 0.2) is 12.2 Å². The number of ether oxygens (including phenoxy) is 1. The Hall–Kier alpha value is -0.613. The Morgan fingerprint density at radius 2 is 1.94 bits per heavy atom. The third kappa shape index (κ3) is 4.94. The zero-order valence-electron chi connectivity index (χ0n) is 11.0. The Labute approximate surface area is 102 Å². The average Bonchev–Trinajstić information content (AvgIpc) is 2.30. The highest BCUT2D eigenvalue weighted by Crippen LogP contribution is 2.25. The minimum absolute atomic E-state index is 0.00184. The van der Waals surface area contributed by atoms with Crippen LogP contribution < -0.4 is 0 Å². The number of carbonyl (C=O) groups is 1. The summed E-state index contributed by atoms with van der Waals surface area (Å²) < 4.78 is 10.7. The average molecular weight is 244 g/mol. The van der Waals surface area contributed by atoms with Gasteiger partial charge in [0.2, 0.25) is 0 Å². The van der Waals surface area contributed by atoms with E-state index in [4.69, 9.17) is 9.16 Å². The van der Waals surface area contributed by atoms with Crippen LogP contribution in [0.5, 0.6) is 0 Å². The Morgan fingerprint density at radius 1 is 1.38 bits per heavy atom. The Kier molecular flexibility index (Phi) is 7.33. The lowest BCUT2D eigenvalue weighted by atomic mass is 9.92. The number of esters is 1. The Balaban J connectivity index is 3.88. The molecule has 0 aromatic heterocycles. The van der Waals surface area contributed by atoms with E-state index in [0.29, 0.717) is 12.2 Å². The molecule has 0 unspecified atom stereocenters. The van der Waals surface area contributed by atoms with Gasteiger partial charge in [-0.1, -0.05) is 20.4 Å². The zero-order valence-corrected chi connectivity index (χ0v) is 13.0. The van der Waals surface area contributed by atoms with Gasteiger partial charge < -0.3 is 9.16 Å². The summed E-state index contributed by atoms with van der Waals surface area (Å²) in [7, 11) is 0.756. The van der Waals surface area contributed by atoms with Gasteiger partial charge in [0.15, 0.2) is 0 Å². The van der Waals surface area contributed by atoms with Crippen LogP contribution in [-0.2, 0) is 14.0 Å². The molecule has 94 valence electrons. The van der Waals surface area contributed by atoms with Crippen molar-refractivity contribution in [3.8, 4) is 0 Å². The smallest absolute Gasteiger partial charge is 0.333 e. The second-order valence-corrected chi connectivity index (χ2v) is 4.52. The number of hydrogen-bond acceptors (Lipinski definition) is 3. The second kappa shape index (κ2) is 7.63. The summed E-state index contributed by atoms with van der Waals surface area (Å²) in [5, 5.41) is 0. The summed E-state index contributed by atoms with van der Waals surface area (Å²) >= 11 is 0. The summed E-state index contributed by atoms with van der Waals surface area (Å²) in [5.41, 5.74) is 0.457. The Morgan fingerprint density at radius 3 is 2.31 bits per heavy atom. The van der Waals surface area contributed by atoms with Gasteiger partial charge in [-0.15, -0.1) is 0 Å². The van der Waals surface area contributed by atoms with E-state index in [-0.39, 0.29) is 11.6 Å². The van der Waals surface area contributed by atoms with Crippen LogP contribution in [-0.4, -0.2) is 28.7 Å². The number of carbonyl (C=O) groups excluding carboxylic acids is 1. The summed E-state index contributed by atoms with van der Waals surface area (Å²) in [6.07, 6.45) is 3.83. The van der Waals surface area contributed by atoms with Crippen molar-refractivity contribution >= 4 is 16.5 Å². The molecule has 0 radical (unpaired) electrons. The van der Waals surface area contributed by atoms with Gasteiger partial charge in [0.05, 0.1) is 12.2 Å². The van der Waals surface area contributed by atoms with Crippen molar-refractivity contribution < 1.29 is 14.0 Å². The molecule has 0 heterocycles. The van der Waals surface area contributed by atoms with E-state index in [1.807, 2.05) is 0 Å². The van der Waals surface area contributed by atoms with Gasteiger partial charge in [0.25, 0.3) is 0 Å². The van der Waals surface area contributed by atoms with E-state index in [1.54, 1.807) is 6.92 Å². The lowest BCUT2D eigenvalue weighted by Crippen LogP contribution is -2.30. The quantitative estimate of drug-likeness (QED) is 0.282. The predicted octanol–water partition coefficient (Wildman–Crippen LogP) is 1.74. The summed E-state index contributed by atoms with van der Waals surface area (Å²) in [4.78, 5) is 11.1. The van der Waals surface area contributed by atoms with E-state index >= 15 is 0 Å². The molecule has 0 amide bonds. The highest BCUT2D eigenvalue weighted by Gasteiger charge is 2.23. The number of hydrogen-bond donors (Lipinski definition) is 0. The van der Waals surface area contributed by atoms with Crippen LogP contribution in [0.4, 0.5) is 0 Å². The van der Waals surface area contributed by atoms with E-state index < -0.39 is 0 Å². The van der Waals surface area contributed by atoms with E-state index in [1.165, 1.54) is 0 Å². The van der Waals surface area contributed by atoms with Crippen LogP contribution in [0, 0.1) is 0 Å². The van der Waals surface area contributed by atoms with Gasteiger partial charge in [0, 0.05) is 5.57 Å². The highest BCUT2D eigenvalue weighted by atomic mass is 28.2. The monoisotopic (exact) mass is 244 g/mol. The first-order chi connectivity index (χ1) is 7.51. The van der Waals surface area contributed by atoms with Crippen LogP contribution in [0.1, 0.15) is 46.5 Å². The van der Waals surface area contributed by atoms with Crippen molar-refractivity contribution in [2.75, 3.05) is 6.61 Å². The minimum Gasteiger partial charge on any atom is -0.462 e. The van der Waals surface area contributed by atoms with E-state index in [9.17, 15) is 4.79 Å². The van der Waals surface area contributed by atoms with Gasteiger partial charge in [-0.2, -0.15) is 0 Å². The third-order valence-corrected chi connectivity index (χ3v) is 3.95. The minimum atomic E-state index is -0.301. The molecule has 0 N–H and O–H groups in total. The van der Waals surface area contributed by atoms with Crippen molar-refractivity contribution in [2.24, 2.45) is 0 Å². The standard InChI is InChI=1S/C12H24O3Si/c1-5-12(6-2,15-16)8-7-9-14-11(13)10(3)4/h3,5-9H2,1-2,4,16H3. The van der Waals surface area contributed by atoms with E-state index in [2.05, 4.69) is 20.4 Å². The Bertz CT molecular complexity index is 226. The van der Waals surface area contributed by atoms with E-state index in [0.717, 1.165) is 36.2 Å². The molecule has 0 atom stereocenters. The molecule has 0 aliphatic rings. The first-order valence-corrected chi connectivity index (χ1v) is 6.70. The molecule has 0 aromatic carbocycles. The van der Waals surface area contributed by atoms with Gasteiger partial charge in [0.1, 0.15) is 10.5 Å². The molecule has 0 saturated carbocycles. The lowest BCUT2D eigenvalue weighted by molar-refractivity contribution is -0.139. The van der Waals surface area contributed by atoms with Crippen molar-refractivity contribution in [1.82, 2.24) is 0 Å². The molecule has 0 aliphatic carbocycles. The fraction of sp³-hybridized carbons (Fsp3) is 0.750. The second-order valence-electron chi connectivity index (χ2n) is 4.11. The maximum Gasteiger partial charge on any atom is 0.333 e. The van der Waals surface area contributed by atoms with Crippen LogP contribution in [0.2, 0.25) is 0 Å². The summed E-state index contributed by atoms with van der Waals surface area (Å²) in [5.74, 6) is -0.301. The molecule has 0 rings (SSSR count). The first kappa shape index (κ1) is 15.4. The molecule has 0 aromatic rings. The summed E-state index contributed by atoms with van der Waals surface area (Å²) in [6.45, 7) is 9.93. The normalized spacial score (nSPS) is 11.4. The van der Waals surface area contributed by atoms with Gasteiger partial charge in [-0.25, -0.2) is 4.79 Å². The van der Waals surface area contributed by atoms with Crippen LogP contribution >= 0.6 is 0 Å².